The Labute approximate surface area is 213 Å². The monoisotopic (exact) mass is 510 g/mol. The van der Waals surface area contributed by atoms with E-state index in [9.17, 15) is 23.1 Å². The predicted molar refractivity (Wildman–Crippen MR) is 138 cm³/mol. The molecular weight excluding hydrogens is 481 g/mol. The lowest BCUT2D eigenvalue weighted by Gasteiger charge is -2.24. The van der Waals surface area contributed by atoms with E-state index in [0.717, 1.165) is 35.0 Å². The van der Waals surface area contributed by atoms with Gasteiger partial charge in [-0.3, -0.25) is 4.79 Å². The van der Waals surface area contributed by atoms with Gasteiger partial charge >= 0.3 is 6.18 Å². The van der Waals surface area contributed by atoms with E-state index < -0.39 is 23.7 Å². The van der Waals surface area contributed by atoms with Gasteiger partial charge in [0.25, 0.3) is 5.91 Å². The number of para-hydroxylation sites is 1. The van der Waals surface area contributed by atoms with Crippen LogP contribution in [0.1, 0.15) is 47.7 Å². The van der Waals surface area contributed by atoms with Gasteiger partial charge in [-0.05, 0) is 53.4 Å². The van der Waals surface area contributed by atoms with Crippen LogP contribution in [0, 0.1) is 0 Å². The molecule has 1 amide bonds. The number of hydrogen-bond acceptors (Lipinski definition) is 3. The first kappa shape index (κ1) is 26.3. The van der Waals surface area contributed by atoms with Crippen molar-refractivity contribution in [3.63, 3.8) is 0 Å². The van der Waals surface area contributed by atoms with E-state index in [-0.39, 0.29) is 18.1 Å². The third kappa shape index (κ3) is 5.80. The molecule has 194 valence electrons. The Morgan fingerprint density at radius 3 is 2.43 bits per heavy atom. The molecule has 0 aliphatic heterocycles. The summed E-state index contributed by atoms with van der Waals surface area (Å²) in [6.45, 7) is 4.00. The van der Waals surface area contributed by atoms with Gasteiger partial charge in [-0.15, -0.1) is 0 Å². The van der Waals surface area contributed by atoms with Crippen molar-refractivity contribution in [2.75, 3.05) is 13.2 Å². The number of ether oxygens (including phenoxy) is 1. The molecule has 0 saturated heterocycles. The number of benzene rings is 3. The third-order valence-electron chi connectivity index (χ3n) is 6.46. The summed E-state index contributed by atoms with van der Waals surface area (Å²) in [5.41, 5.74) is 2.55. The maximum absolute atomic E-state index is 13.4. The molecule has 3 aromatic carbocycles. The Hall–Kier alpha value is -3.78. The average molecular weight is 511 g/mol. The van der Waals surface area contributed by atoms with Crippen LogP contribution in [0.2, 0.25) is 0 Å². The summed E-state index contributed by atoms with van der Waals surface area (Å²) in [6.07, 6.45) is -1.81. The highest BCUT2D eigenvalue weighted by molar-refractivity contribution is 5.98. The number of halogens is 3. The van der Waals surface area contributed by atoms with E-state index in [1.165, 1.54) is 12.1 Å². The van der Waals surface area contributed by atoms with Gasteiger partial charge < -0.3 is 20.1 Å². The number of alkyl halides is 3. The number of hydrogen-bond donors (Lipinski definition) is 3. The van der Waals surface area contributed by atoms with Gasteiger partial charge in [-0.2, -0.15) is 13.2 Å². The highest BCUT2D eigenvalue weighted by Gasteiger charge is 2.30. The first-order valence-electron chi connectivity index (χ1n) is 12.1. The number of aliphatic hydroxyl groups excluding tert-OH is 1. The number of amides is 1. The van der Waals surface area contributed by atoms with Gasteiger partial charge in [0, 0.05) is 23.0 Å². The molecule has 37 heavy (non-hydrogen) atoms. The van der Waals surface area contributed by atoms with Crippen LogP contribution in [0.15, 0.2) is 72.9 Å². The number of aliphatic hydroxyl groups is 1. The lowest BCUT2D eigenvalue weighted by atomic mass is 9.93. The molecule has 0 spiro atoms. The van der Waals surface area contributed by atoms with E-state index in [4.69, 9.17) is 4.74 Å². The molecule has 5 nitrogen and oxygen atoms in total. The first-order valence-corrected chi connectivity index (χ1v) is 12.1. The summed E-state index contributed by atoms with van der Waals surface area (Å²) >= 11 is 0. The van der Waals surface area contributed by atoms with E-state index in [1.807, 2.05) is 44.3 Å². The normalized spacial score (nSPS) is 13.4. The topological polar surface area (TPSA) is 74.3 Å². The quantitative estimate of drug-likeness (QED) is 0.239. The Morgan fingerprint density at radius 2 is 1.76 bits per heavy atom. The molecular formula is C29H29F3N2O3. The van der Waals surface area contributed by atoms with Crippen LogP contribution in [0.5, 0.6) is 5.75 Å². The van der Waals surface area contributed by atoms with Gasteiger partial charge in [0.1, 0.15) is 5.75 Å². The molecule has 0 bridgehead atoms. The van der Waals surface area contributed by atoms with Crippen molar-refractivity contribution in [1.82, 2.24) is 10.3 Å². The smallest absolute Gasteiger partial charge is 0.416 e. The molecule has 2 atom stereocenters. The van der Waals surface area contributed by atoms with Crippen molar-refractivity contribution in [1.29, 1.82) is 0 Å². The van der Waals surface area contributed by atoms with Crippen LogP contribution < -0.4 is 10.1 Å². The number of nitrogens with one attached hydrogen (secondary N) is 2. The fraction of sp³-hybridized carbons (Fsp3) is 0.276. The molecule has 1 unspecified atom stereocenters. The van der Waals surface area contributed by atoms with Crippen LogP contribution >= 0.6 is 0 Å². The van der Waals surface area contributed by atoms with Crippen LogP contribution in [0.25, 0.3) is 22.0 Å². The third-order valence-corrected chi connectivity index (χ3v) is 6.46. The Balaban J connectivity index is 1.62. The summed E-state index contributed by atoms with van der Waals surface area (Å²) in [6, 6.07) is 17.0. The lowest BCUT2D eigenvalue weighted by molar-refractivity contribution is -0.137. The van der Waals surface area contributed by atoms with E-state index >= 15 is 0 Å². The molecule has 0 radical (unpaired) electrons. The molecule has 4 aromatic rings. The van der Waals surface area contributed by atoms with Crippen LogP contribution in [-0.2, 0) is 6.18 Å². The van der Waals surface area contributed by atoms with Crippen LogP contribution in [0.3, 0.4) is 0 Å². The zero-order valence-corrected chi connectivity index (χ0v) is 20.6. The second kappa shape index (κ2) is 11.1. The molecule has 0 fully saturated rings. The van der Waals surface area contributed by atoms with Crippen molar-refractivity contribution in [2.45, 2.75) is 38.4 Å². The van der Waals surface area contributed by atoms with Gasteiger partial charge in [0.15, 0.2) is 0 Å². The van der Waals surface area contributed by atoms with Gasteiger partial charge in [0.2, 0.25) is 0 Å². The largest absolute Gasteiger partial charge is 0.493 e. The maximum Gasteiger partial charge on any atom is 0.416 e. The van der Waals surface area contributed by atoms with Crippen molar-refractivity contribution < 1.29 is 27.8 Å². The first-order chi connectivity index (χ1) is 17.7. The fourth-order valence-electron chi connectivity index (χ4n) is 4.34. The molecule has 0 aliphatic carbocycles. The summed E-state index contributed by atoms with van der Waals surface area (Å²) in [7, 11) is 0. The van der Waals surface area contributed by atoms with Gasteiger partial charge in [-0.1, -0.05) is 50.2 Å². The molecule has 0 aliphatic rings. The van der Waals surface area contributed by atoms with E-state index in [1.54, 1.807) is 18.2 Å². The Bertz CT molecular complexity index is 1360. The number of H-pyrrole nitrogens is 1. The molecule has 3 N–H and O–H groups in total. The highest BCUT2D eigenvalue weighted by Crippen LogP contribution is 2.33. The minimum Gasteiger partial charge on any atom is -0.493 e. The maximum atomic E-state index is 13.4. The minimum atomic E-state index is -4.43. The summed E-state index contributed by atoms with van der Waals surface area (Å²) < 4.78 is 44.7. The van der Waals surface area contributed by atoms with Crippen LogP contribution in [0.4, 0.5) is 13.2 Å². The lowest BCUT2D eigenvalue weighted by Crippen LogP contribution is -2.41. The molecule has 0 saturated carbocycles. The van der Waals surface area contributed by atoms with E-state index in [0.29, 0.717) is 23.5 Å². The number of aromatic amines is 1. The second-order valence-electron chi connectivity index (χ2n) is 8.98. The van der Waals surface area contributed by atoms with Crippen LogP contribution in [-0.4, -0.2) is 35.3 Å². The number of carbonyl (C=O) groups is 1. The summed E-state index contributed by atoms with van der Waals surface area (Å²) in [5, 5.41) is 14.1. The summed E-state index contributed by atoms with van der Waals surface area (Å²) in [5.74, 6) is -0.278. The summed E-state index contributed by atoms with van der Waals surface area (Å²) in [4.78, 5) is 16.7. The standard InChI is InChI=1S/C29H29F3N2O3/c1-3-14-37-27-13-10-20(19-8-11-21(12-9-19)29(30,31)32)15-23(27)28(36)34-26(17-35)18(2)24-16-33-25-7-5-4-6-22(24)25/h4-13,15-16,18,26,33,35H,3,14,17H2,1-2H3,(H,34,36)/t18-,26?/m1/s1. The SMILES string of the molecule is CCCOc1ccc(-c2ccc(C(F)(F)F)cc2)cc1C(=O)NC(CO)[C@H](C)c1c[nH]c2ccccc12. The van der Waals surface area contributed by atoms with Crippen molar-refractivity contribution in [2.24, 2.45) is 0 Å². The highest BCUT2D eigenvalue weighted by atomic mass is 19.4. The van der Waals surface area contributed by atoms with Crippen molar-refractivity contribution >= 4 is 16.8 Å². The zero-order chi connectivity index (χ0) is 26.6. The Kier molecular flexibility index (Phi) is 7.88. The predicted octanol–water partition coefficient (Wildman–Crippen LogP) is 6.54. The molecule has 1 heterocycles. The molecule has 8 heteroatoms. The molecule has 1 aromatic heterocycles. The molecule has 4 rings (SSSR count). The van der Waals surface area contributed by atoms with E-state index in [2.05, 4.69) is 10.3 Å². The van der Waals surface area contributed by atoms with Gasteiger partial charge in [-0.25, -0.2) is 0 Å². The number of aromatic nitrogens is 1. The number of rotatable bonds is 9. The Morgan fingerprint density at radius 1 is 1.05 bits per heavy atom. The van der Waals surface area contributed by atoms with Crippen molar-refractivity contribution in [3.8, 4) is 16.9 Å². The van der Waals surface area contributed by atoms with Gasteiger partial charge in [0.05, 0.1) is 30.4 Å². The fourth-order valence-corrected chi connectivity index (χ4v) is 4.34. The average Bonchev–Trinajstić information content (AvgIpc) is 3.34. The zero-order valence-electron chi connectivity index (χ0n) is 20.6. The van der Waals surface area contributed by atoms with Crippen molar-refractivity contribution in [3.05, 3.63) is 89.6 Å². The second-order valence-corrected chi connectivity index (χ2v) is 8.98. The number of fused-ring (bicyclic) bond motifs is 1. The number of carbonyl (C=O) groups excluding carboxylic acids is 1. The minimum absolute atomic E-state index is 0.205.